The quantitative estimate of drug-likeness (QED) is 0.489. The third kappa shape index (κ3) is 3.75. The molecule has 0 N–H and O–H groups in total. The summed E-state index contributed by atoms with van der Waals surface area (Å²) in [5.74, 6) is 1.18. The minimum absolute atomic E-state index is 0.148. The van der Waals surface area contributed by atoms with Gasteiger partial charge in [-0.15, -0.1) is 23.2 Å². The fraction of sp³-hybridized carbons (Fsp3) is 0.238. The van der Waals surface area contributed by atoms with Gasteiger partial charge in [0.25, 0.3) is 0 Å². The smallest absolute Gasteiger partial charge is 0.0608 e. The molecule has 1 nitrogen and oxygen atoms in total. The second kappa shape index (κ2) is 8.53. The van der Waals surface area contributed by atoms with E-state index in [-0.39, 0.29) is 6.04 Å². The minimum atomic E-state index is 0.148. The van der Waals surface area contributed by atoms with Crippen molar-refractivity contribution in [3.63, 3.8) is 0 Å². The van der Waals surface area contributed by atoms with Crippen molar-refractivity contribution in [1.29, 1.82) is 0 Å². The molecule has 3 heteroatoms. The number of hydrogen-bond acceptors (Lipinski definition) is 1. The Morgan fingerprint density at radius 2 is 1.33 bits per heavy atom. The molecule has 0 aliphatic carbocycles. The van der Waals surface area contributed by atoms with Gasteiger partial charge in [0.1, 0.15) is 0 Å². The van der Waals surface area contributed by atoms with Gasteiger partial charge in [0.05, 0.1) is 6.04 Å². The molecule has 1 atom stereocenters. The molecular formula is C21H21Cl2N. The van der Waals surface area contributed by atoms with Crippen molar-refractivity contribution in [2.45, 2.75) is 6.04 Å². The highest BCUT2D eigenvalue weighted by Gasteiger charge is 2.23. The van der Waals surface area contributed by atoms with E-state index in [2.05, 4.69) is 77.7 Å². The van der Waals surface area contributed by atoms with Crippen LogP contribution in [-0.4, -0.2) is 29.7 Å². The standard InChI is InChI=1S/C21H21Cl2N/c22-13-15-24(16-14-23)21(18-8-2-1-3-9-18)20-12-6-10-17-7-4-5-11-19(17)20/h1-12,21H,13-16H2. The van der Waals surface area contributed by atoms with E-state index in [1.54, 1.807) is 0 Å². The first-order valence-electron chi connectivity index (χ1n) is 8.23. The number of nitrogens with zero attached hydrogens (tertiary/aromatic N) is 1. The SMILES string of the molecule is ClCCN(CCCl)C(c1ccccc1)c1cccc2ccccc12. The number of hydrogen-bond donors (Lipinski definition) is 0. The molecular weight excluding hydrogens is 337 g/mol. The van der Waals surface area contributed by atoms with Gasteiger partial charge in [-0.05, 0) is 21.9 Å². The Morgan fingerprint density at radius 1 is 0.708 bits per heavy atom. The highest BCUT2D eigenvalue weighted by molar-refractivity contribution is 6.18. The van der Waals surface area contributed by atoms with Crippen molar-refractivity contribution in [2.24, 2.45) is 0 Å². The molecule has 0 aromatic heterocycles. The van der Waals surface area contributed by atoms with E-state index < -0.39 is 0 Å². The second-order valence-electron chi connectivity index (χ2n) is 5.80. The van der Waals surface area contributed by atoms with Crippen LogP contribution in [0.3, 0.4) is 0 Å². The summed E-state index contributed by atoms with van der Waals surface area (Å²) in [5.41, 5.74) is 2.57. The zero-order chi connectivity index (χ0) is 16.8. The number of rotatable bonds is 7. The Bertz CT molecular complexity index is 762. The zero-order valence-corrected chi connectivity index (χ0v) is 15.0. The third-order valence-corrected chi connectivity index (χ3v) is 4.68. The van der Waals surface area contributed by atoms with E-state index in [4.69, 9.17) is 23.2 Å². The largest absolute Gasteiger partial charge is 0.290 e. The van der Waals surface area contributed by atoms with Crippen LogP contribution in [0.1, 0.15) is 17.2 Å². The van der Waals surface area contributed by atoms with Gasteiger partial charge < -0.3 is 0 Å². The Morgan fingerprint density at radius 3 is 2.04 bits per heavy atom. The minimum Gasteiger partial charge on any atom is -0.290 e. The van der Waals surface area contributed by atoms with E-state index in [1.807, 2.05) is 0 Å². The number of fused-ring (bicyclic) bond motifs is 1. The van der Waals surface area contributed by atoms with E-state index in [9.17, 15) is 0 Å². The molecule has 124 valence electrons. The van der Waals surface area contributed by atoms with Gasteiger partial charge in [-0.2, -0.15) is 0 Å². The lowest BCUT2D eigenvalue weighted by atomic mass is 9.92. The maximum absolute atomic E-state index is 6.08. The van der Waals surface area contributed by atoms with E-state index in [0.29, 0.717) is 11.8 Å². The molecule has 0 spiro atoms. The van der Waals surface area contributed by atoms with Crippen molar-refractivity contribution in [3.05, 3.63) is 83.9 Å². The Balaban J connectivity index is 2.16. The lowest BCUT2D eigenvalue weighted by Crippen LogP contribution is -2.33. The van der Waals surface area contributed by atoms with Gasteiger partial charge in [-0.25, -0.2) is 0 Å². The average molecular weight is 358 g/mol. The normalized spacial score (nSPS) is 12.6. The predicted molar refractivity (Wildman–Crippen MR) is 105 cm³/mol. The van der Waals surface area contributed by atoms with Gasteiger partial charge in [0.15, 0.2) is 0 Å². The lowest BCUT2D eigenvalue weighted by Gasteiger charge is -2.32. The summed E-state index contributed by atoms with van der Waals surface area (Å²) in [4.78, 5) is 2.37. The summed E-state index contributed by atoms with van der Waals surface area (Å²) in [6, 6.07) is 25.8. The van der Waals surface area contributed by atoms with Crippen LogP contribution in [0.25, 0.3) is 10.8 Å². The predicted octanol–water partition coefficient (Wildman–Crippen LogP) is 5.71. The van der Waals surface area contributed by atoms with Crippen molar-refractivity contribution in [3.8, 4) is 0 Å². The molecule has 0 fully saturated rings. The number of alkyl halides is 2. The number of benzene rings is 3. The molecule has 0 amide bonds. The van der Waals surface area contributed by atoms with Gasteiger partial charge in [-0.1, -0.05) is 72.8 Å². The van der Waals surface area contributed by atoms with Crippen LogP contribution < -0.4 is 0 Å². The first-order chi connectivity index (χ1) is 11.8. The van der Waals surface area contributed by atoms with Crippen LogP contribution in [-0.2, 0) is 0 Å². The highest BCUT2D eigenvalue weighted by atomic mass is 35.5. The van der Waals surface area contributed by atoms with Crippen molar-refractivity contribution < 1.29 is 0 Å². The van der Waals surface area contributed by atoms with Gasteiger partial charge in [0, 0.05) is 24.8 Å². The molecule has 0 radical (unpaired) electrons. The zero-order valence-electron chi connectivity index (χ0n) is 13.5. The Kier molecular flexibility index (Phi) is 6.14. The summed E-state index contributed by atoms with van der Waals surface area (Å²) in [6.07, 6.45) is 0. The van der Waals surface area contributed by atoms with Gasteiger partial charge in [-0.3, -0.25) is 4.90 Å². The van der Waals surface area contributed by atoms with Crippen LogP contribution in [0, 0.1) is 0 Å². The van der Waals surface area contributed by atoms with Gasteiger partial charge in [0.2, 0.25) is 0 Å². The molecule has 24 heavy (non-hydrogen) atoms. The van der Waals surface area contributed by atoms with Crippen molar-refractivity contribution >= 4 is 34.0 Å². The van der Waals surface area contributed by atoms with Crippen LogP contribution in [0.5, 0.6) is 0 Å². The highest BCUT2D eigenvalue weighted by Crippen LogP contribution is 2.33. The maximum Gasteiger partial charge on any atom is 0.0608 e. The molecule has 0 heterocycles. The molecule has 0 saturated heterocycles. The molecule has 0 bridgehead atoms. The van der Waals surface area contributed by atoms with E-state index in [1.165, 1.54) is 21.9 Å². The van der Waals surface area contributed by atoms with Crippen LogP contribution in [0.4, 0.5) is 0 Å². The van der Waals surface area contributed by atoms with E-state index >= 15 is 0 Å². The van der Waals surface area contributed by atoms with Crippen LogP contribution in [0.15, 0.2) is 72.8 Å². The first kappa shape index (κ1) is 17.3. The van der Waals surface area contributed by atoms with Crippen LogP contribution in [0.2, 0.25) is 0 Å². The van der Waals surface area contributed by atoms with Crippen molar-refractivity contribution in [1.82, 2.24) is 4.90 Å². The molecule has 0 saturated carbocycles. The molecule has 0 aliphatic rings. The second-order valence-corrected chi connectivity index (χ2v) is 6.55. The topological polar surface area (TPSA) is 3.24 Å². The molecule has 0 aliphatic heterocycles. The summed E-state index contributed by atoms with van der Waals surface area (Å²) in [6.45, 7) is 1.61. The fourth-order valence-corrected chi connectivity index (χ4v) is 3.73. The van der Waals surface area contributed by atoms with E-state index in [0.717, 1.165) is 13.1 Å². The van der Waals surface area contributed by atoms with Crippen molar-refractivity contribution in [2.75, 3.05) is 24.8 Å². The summed E-state index contributed by atoms with van der Waals surface area (Å²) in [7, 11) is 0. The molecule has 3 rings (SSSR count). The maximum atomic E-state index is 6.08. The molecule has 3 aromatic carbocycles. The first-order valence-corrected chi connectivity index (χ1v) is 9.30. The lowest BCUT2D eigenvalue weighted by molar-refractivity contribution is 0.255. The molecule has 3 aromatic rings. The average Bonchev–Trinajstić information content (AvgIpc) is 2.63. The fourth-order valence-electron chi connectivity index (χ4n) is 3.30. The summed E-state index contributed by atoms with van der Waals surface area (Å²) in [5, 5.41) is 2.54. The Hall–Kier alpha value is -1.54. The molecule has 1 unspecified atom stereocenters. The summed E-state index contributed by atoms with van der Waals surface area (Å²) >= 11 is 12.2. The third-order valence-electron chi connectivity index (χ3n) is 4.34. The monoisotopic (exact) mass is 357 g/mol. The summed E-state index contributed by atoms with van der Waals surface area (Å²) < 4.78 is 0. The Labute approximate surface area is 153 Å². The number of halogens is 2. The van der Waals surface area contributed by atoms with Crippen LogP contribution >= 0.6 is 23.2 Å². The van der Waals surface area contributed by atoms with Gasteiger partial charge >= 0.3 is 0 Å².